The zero-order valence-electron chi connectivity index (χ0n) is 12.6. The number of hydrogen-bond acceptors (Lipinski definition) is 3. The summed E-state index contributed by atoms with van der Waals surface area (Å²) < 4.78 is 0. The number of hydrogen-bond donors (Lipinski definition) is 1. The Morgan fingerprint density at radius 3 is 2.81 bits per heavy atom. The third kappa shape index (κ3) is 2.71. The molecule has 4 nitrogen and oxygen atoms in total. The molecule has 0 bridgehead atoms. The summed E-state index contributed by atoms with van der Waals surface area (Å²) >= 11 is 0. The first-order valence-electron chi connectivity index (χ1n) is 7.63. The maximum atomic E-state index is 12.8. The molecule has 1 aromatic carbocycles. The molecule has 1 N–H and O–H groups in total. The molecule has 2 aromatic rings. The van der Waals surface area contributed by atoms with Crippen LogP contribution in [0.3, 0.4) is 0 Å². The summed E-state index contributed by atoms with van der Waals surface area (Å²) in [4.78, 5) is 19.3. The van der Waals surface area contributed by atoms with Crippen LogP contribution in [-0.4, -0.2) is 35.4 Å². The van der Waals surface area contributed by atoms with Gasteiger partial charge in [-0.2, -0.15) is 0 Å². The minimum atomic E-state index is 0.0570. The predicted molar refractivity (Wildman–Crippen MR) is 85.6 cm³/mol. The molecule has 0 radical (unpaired) electrons. The van der Waals surface area contributed by atoms with Crippen LogP contribution in [-0.2, 0) is 0 Å². The van der Waals surface area contributed by atoms with E-state index < -0.39 is 0 Å². The first-order valence-corrected chi connectivity index (χ1v) is 7.63. The molecule has 0 atom stereocenters. The number of nitrogens with zero attached hydrogens (tertiary/aromatic N) is 2. The molecule has 0 saturated heterocycles. The third-order valence-electron chi connectivity index (χ3n) is 3.91. The Morgan fingerprint density at radius 1 is 1.38 bits per heavy atom. The number of carbonyl (C=O) groups is 1. The van der Waals surface area contributed by atoms with Gasteiger partial charge in [-0.1, -0.05) is 31.2 Å². The Kier molecular flexibility index (Phi) is 3.78. The average Bonchev–Trinajstić information content (AvgIpc) is 3.35. The zero-order chi connectivity index (χ0) is 14.8. The van der Waals surface area contributed by atoms with Crippen molar-refractivity contribution in [2.75, 3.05) is 18.9 Å². The van der Waals surface area contributed by atoms with Crippen molar-refractivity contribution in [1.82, 2.24) is 9.88 Å². The molecule has 1 aliphatic rings. The summed E-state index contributed by atoms with van der Waals surface area (Å²) in [6.45, 7) is 2.92. The van der Waals surface area contributed by atoms with Gasteiger partial charge < -0.3 is 10.2 Å². The van der Waals surface area contributed by atoms with E-state index in [4.69, 9.17) is 0 Å². The molecular formula is C17H21N3O. The molecule has 110 valence electrons. The fraction of sp³-hybridized carbons (Fsp3) is 0.412. The van der Waals surface area contributed by atoms with Crippen LogP contribution in [0.15, 0.2) is 30.3 Å². The Bertz CT molecular complexity index is 664. The standard InChI is InChI=1S/C17H21N3O/c1-3-10-20(13-8-9-13)17(21)15-11-12-6-4-5-7-14(12)16(18-2)19-15/h4-7,11,13H,3,8-10H2,1-2H3,(H,18,19). The highest BCUT2D eigenvalue weighted by Crippen LogP contribution is 2.29. The van der Waals surface area contributed by atoms with E-state index in [1.807, 2.05) is 42.3 Å². The van der Waals surface area contributed by atoms with Crippen molar-refractivity contribution >= 4 is 22.5 Å². The van der Waals surface area contributed by atoms with E-state index in [0.717, 1.165) is 42.4 Å². The van der Waals surface area contributed by atoms with Crippen LogP contribution in [0.25, 0.3) is 10.8 Å². The number of nitrogens with one attached hydrogen (secondary N) is 1. The first-order chi connectivity index (χ1) is 10.2. The summed E-state index contributed by atoms with van der Waals surface area (Å²) in [7, 11) is 1.84. The Morgan fingerprint density at radius 2 is 2.14 bits per heavy atom. The van der Waals surface area contributed by atoms with E-state index in [-0.39, 0.29) is 5.91 Å². The lowest BCUT2D eigenvalue weighted by atomic mass is 10.1. The van der Waals surface area contributed by atoms with Gasteiger partial charge in [0.25, 0.3) is 5.91 Å². The van der Waals surface area contributed by atoms with Crippen molar-refractivity contribution in [2.45, 2.75) is 32.2 Å². The van der Waals surface area contributed by atoms with Gasteiger partial charge in [-0.05, 0) is 30.7 Å². The lowest BCUT2D eigenvalue weighted by Crippen LogP contribution is -2.34. The number of aromatic nitrogens is 1. The van der Waals surface area contributed by atoms with Gasteiger partial charge in [-0.3, -0.25) is 4.79 Å². The summed E-state index contributed by atoms with van der Waals surface area (Å²) in [6, 6.07) is 10.3. The van der Waals surface area contributed by atoms with E-state index >= 15 is 0 Å². The van der Waals surface area contributed by atoms with Gasteiger partial charge in [0.2, 0.25) is 0 Å². The van der Waals surface area contributed by atoms with Crippen molar-refractivity contribution in [3.05, 3.63) is 36.0 Å². The minimum Gasteiger partial charge on any atom is -0.373 e. The largest absolute Gasteiger partial charge is 0.373 e. The van der Waals surface area contributed by atoms with E-state index in [2.05, 4.69) is 17.2 Å². The topological polar surface area (TPSA) is 45.2 Å². The molecule has 1 saturated carbocycles. The number of pyridine rings is 1. The van der Waals surface area contributed by atoms with Crippen molar-refractivity contribution < 1.29 is 4.79 Å². The smallest absolute Gasteiger partial charge is 0.272 e. The molecule has 1 heterocycles. The first kappa shape index (κ1) is 13.9. The summed E-state index contributed by atoms with van der Waals surface area (Å²) in [5.74, 6) is 0.824. The zero-order valence-corrected chi connectivity index (χ0v) is 12.6. The molecule has 21 heavy (non-hydrogen) atoms. The van der Waals surface area contributed by atoms with Crippen LogP contribution >= 0.6 is 0 Å². The van der Waals surface area contributed by atoms with Gasteiger partial charge >= 0.3 is 0 Å². The van der Waals surface area contributed by atoms with Crippen molar-refractivity contribution in [3.63, 3.8) is 0 Å². The van der Waals surface area contributed by atoms with Gasteiger partial charge in [0.05, 0.1) is 0 Å². The van der Waals surface area contributed by atoms with Crippen LogP contribution in [0.4, 0.5) is 5.82 Å². The maximum Gasteiger partial charge on any atom is 0.272 e. The average molecular weight is 283 g/mol. The normalized spacial score (nSPS) is 14.2. The summed E-state index contributed by atoms with van der Waals surface area (Å²) in [5, 5.41) is 5.19. The lowest BCUT2D eigenvalue weighted by Gasteiger charge is -2.21. The highest BCUT2D eigenvalue weighted by molar-refractivity contribution is 6.00. The lowest BCUT2D eigenvalue weighted by molar-refractivity contribution is 0.0737. The molecule has 1 fully saturated rings. The fourth-order valence-electron chi connectivity index (χ4n) is 2.72. The Labute approximate surface area is 125 Å². The van der Waals surface area contributed by atoms with Gasteiger partial charge in [-0.15, -0.1) is 0 Å². The Balaban J connectivity index is 2.01. The molecule has 0 aliphatic heterocycles. The molecule has 0 unspecified atom stereocenters. The van der Waals surface area contributed by atoms with E-state index in [9.17, 15) is 4.79 Å². The number of carbonyl (C=O) groups excluding carboxylic acids is 1. The van der Waals surface area contributed by atoms with Gasteiger partial charge in [0, 0.05) is 25.0 Å². The van der Waals surface area contributed by atoms with Crippen LogP contribution in [0.1, 0.15) is 36.7 Å². The SMILES string of the molecule is CCCN(C(=O)c1cc2ccccc2c(NC)n1)C1CC1. The van der Waals surface area contributed by atoms with E-state index in [0.29, 0.717) is 11.7 Å². The van der Waals surface area contributed by atoms with Crippen LogP contribution in [0.2, 0.25) is 0 Å². The third-order valence-corrected chi connectivity index (χ3v) is 3.91. The molecule has 1 amide bonds. The monoisotopic (exact) mass is 283 g/mol. The van der Waals surface area contributed by atoms with Crippen molar-refractivity contribution in [3.8, 4) is 0 Å². The number of rotatable bonds is 5. The predicted octanol–water partition coefficient (Wildman–Crippen LogP) is 3.29. The van der Waals surface area contributed by atoms with Crippen LogP contribution in [0.5, 0.6) is 0 Å². The second-order valence-electron chi connectivity index (χ2n) is 5.56. The van der Waals surface area contributed by atoms with E-state index in [1.54, 1.807) is 0 Å². The fourth-order valence-corrected chi connectivity index (χ4v) is 2.72. The van der Waals surface area contributed by atoms with Gasteiger partial charge in [0.15, 0.2) is 0 Å². The van der Waals surface area contributed by atoms with Crippen molar-refractivity contribution in [1.29, 1.82) is 0 Å². The molecule has 0 spiro atoms. The quantitative estimate of drug-likeness (QED) is 0.916. The molecule has 1 aliphatic carbocycles. The highest BCUT2D eigenvalue weighted by Gasteiger charge is 2.33. The van der Waals surface area contributed by atoms with Gasteiger partial charge in [0.1, 0.15) is 11.5 Å². The number of fused-ring (bicyclic) bond motifs is 1. The van der Waals surface area contributed by atoms with Gasteiger partial charge in [-0.25, -0.2) is 4.98 Å². The molecule has 4 heteroatoms. The van der Waals surface area contributed by atoms with E-state index in [1.165, 1.54) is 0 Å². The van der Waals surface area contributed by atoms with Crippen molar-refractivity contribution in [2.24, 2.45) is 0 Å². The van der Waals surface area contributed by atoms with Crippen LogP contribution in [0, 0.1) is 0 Å². The maximum absolute atomic E-state index is 12.8. The highest BCUT2D eigenvalue weighted by atomic mass is 16.2. The second kappa shape index (κ2) is 5.72. The van der Waals surface area contributed by atoms with Crippen LogP contribution < -0.4 is 5.32 Å². The molecular weight excluding hydrogens is 262 g/mol. The summed E-state index contributed by atoms with van der Waals surface area (Å²) in [6.07, 6.45) is 3.23. The second-order valence-corrected chi connectivity index (χ2v) is 5.56. The molecule has 1 aromatic heterocycles. The molecule has 3 rings (SSSR count). The Hall–Kier alpha value is -2.10. The summed E-state index contributed by atoms with van der Waals surface area (Å²) in [5.41, 5.74) is 0.540. The number of amides is 1. The number of benzene rings is 1. The number of anilines is 1. The minimum absolute atomic E-state index is 0.0570.